The van der Waals surface area contributed by atoms with Crippen LogP contribution in [0, 0.1) is 20.8 Å². The Kier molecular flexibility index (Phi) is 3.80. The molecule has 5 rings (SSSR count). The van der Waals surface area contributed by atoms with Gasteiger partial charge in [0.15, 0.2) is 0 Å². The highest BCUT2D eigenvalue weighted by atomic mass is 16.5. The lowest BCUT2D eigenvalue weighted by molar-refractivity contribution is 0.393. The number of nitrogens with zero attached hydrogens (tertiary/aromatic N) is 7. The molecule has 0 amide bonds. The molecule has 4 aromatic rings. The predicted molar refractivity (Wildman–Crippen MR) is 107 cm³/mol. The molecular formula is C20H21N7O2. The lowest BCUT2D eigenvalue weighted by atomic mass is 9.99. The molecule has 0 aromatic carbocycles. The van der Waals surface area contributed by atoms with E-state index < -0.39 is 0 Å². The maximum absolute atomic E-state index is 12.1. The van der Waals surface area contributed by atoms with Crippen molar-refractivity contribution in [3.05, 3.63) is 57.2 Å². The third-order valence-electron chi connectivity index (χ3n) is 5.48. The number of rotatable bonds is 2. The second-order valence-electron chi connectivity index (χ2n) is 7.52. The fraction of sp³-hybridized carbons (Fsp3) is 0.350. The Morgan fingerprint density at radius 3 is 2.79 bits per heavy atom. The molecule has 0 spiro atoms. The molecule has 0 saturated heterocycles. The zero-order chi connectivity index (χ0) is 20.3. The van der Waals surface area contributed by atoms with Gasteiger partial charge < -0.3 is 9.42 Å². The van der Waals surface area contributed by atoms with Crippen LogP contribution in [0.25, 0.3) is 16.9 Å². The fourth-order valence-electron chi connectivity index (χ4n) is 4.05. The first-order valence-corrected chi connectivity index (χ1v) is 9.51. The SMILES string of the molecule is Cc1cn2c(=O)n(C)nc2nc1N1CCc2ncc(-c3c(C)noc3C)cc2C1. The van der Waals surface area contributed by atoms with Crippen LogP contribution in [0.5, 0.6) is 0 Å². The third kappa shape index (κ3) is 2.72. The average Bonchev–Trinajstić information content (AvgIpc) is 3.18. The van der Waals surface area contributed by atoms with Gasteiger partial charge in [-0.1, -0.05) is 5.16 Å². The number of fused-ring (bicyclic) bond motifs is 2. The zero-order valence-electron chi connectivity index (χ0n) is 16.8. The van der Waals surface area contributed by atoms with Crippen molar-refractivity contribution < 1.29 is 4.52 Å². The van der Waals surface area contributed by atoms with E-state index in [9.17, 15) is 4.79 Å². The first-order chi connectivity index (χ1) is 13.9. The molecule has 29 heavy (non-hydrogen) atoms. The second-order valence-corrected chi connectivity index (χ2v) is 7.52. The van der Waals surface area contributed by atoms with Gasteiger partial charge in [-0.2, -0.15) is 4.98 Å². The molecule has 0 N–H and O–H groups in total. The molecule has 1 aliphatic heterocycles. The smallest absolute Gasteiger partial charge is 0.351 e. The number of aromatic nitrogens is 6. The standard InChI is InChI=1S/C20H21N7O2/c1-11-9-27-19(23-25(4)20(27)28)22-18(11)26-6-5-16-15(10-26)7-14(8-21-16)17-12(2)24-29-13(17)3/h7-9H,5-6,10H2,1-4H3. The fourth-order valence-corrected chi connectivity index (χ4v) is 4.05. The molecule has 4 aromatic heterocycles. The number of anilines is 1. The van der Waals surface area contributed by atoms with Gasteiger partial charge in [0.2, 0.25) is 0 Å². The van der Waals surface area contributed by atoms with Crippen molar-refractivity contribution in [3.8, 4) is 11.1 Å². The van der Waals surface area contributed by atoms with Gasteiger partial charge in [0, 0.05) is 61.3 Å². The van der Waals surface area contributed by atoms with Gasteiger partial charge in [0.25, 0.3) is 5.78 Å². The maximum Gasteiger partial charge on any atom is 0.351 e. The van der Waals surface area contributed by atoms with Crippen LogP contribution in [-0.2, 0) is 20.0 Å². The molecule has 0 unspecified atom stereocenters. The summed E-state index contributed by atoms with van der Waals surface area (Å²) in [6.07, 6.45) is 4.54. The molecule has 0 aliphatic carbocycles. The summed E-state index contributed by atoms with van der Waals surface area (Å²) in [6, 6.07) is 2.17. The minimum Gasteiger partial charge on any atom is -0.361 e. The monoisotopic (exact) mass is 391 g/mol. The molecule has 148 valence electrons. The molecule has 0 bridgehead atoms. The lowest BCUT2D eigenvalue weighted by Gasteiger charge is -2.30. The van der Waals surface area contributed by atoms with E-state index in [0.29, 0.717) is 12.3 Å². The van der Waals surface area contributed by atoms with Crippen molar-refractivity contribution >= 4 is 11.6 Å². The Balaban J connectivity index is 1.54. The quantitative estimate of drug-likeness (QED) is 0.515. The third-order valence-corrected chi connectivity index (χ3v) is 5.48. The average molecular weight is 391 g/mol. The highest BCUT2D eigenvalue weighted by molar-refractivity contribution is 5.68. The van der Waals surface area contributed by atoms with Gasteiger partial charge in [-0.25, -0.2) is 13.9 Å². The van der Waals surface area contributed by atoms with Crippen LogP contribution < -0.4 is 10.6 Å². The van der Waals surface area contributed by atoms with Crippen LogP contribution in [-0.4, -0.2) is 35.9 Å². The molecule has 0 fully saturated rings. The van der Waals surface area contributed by atoms with E-state index >= 15 is 0 Å². The summed E-state index contributed by atoms with van der Waals surface area (Å²) in [7, 11) is 1.63. The summed E-state index contributed by atoms with van der Waals surface area (Å²) >= 11 is 0. The highest BCUT2D eigenvalue weighted by Gasteiger charge is 2.23. The predicted octanol–water partition coefficient (Wildman–Crippen LogP) is 1.97. The van der Waals surface area contributed by atoms with Gasteiger partial charge >= 0.3 is 5.69 Å². The Hall–Kier alpha value is -3.49. The Bertz CT molecular complexity index is 1300. The van der Waals surface area contributed by atoms with Crippen molar-refractivity contribution in [3.63, 3.8) is 0 Å². The van der Waals surface area contributed by atoms with Crippen LogP contribution >= 0.6 is 0 Å². The van der Waals surface area contributed by atoms with Gasteiger partial charge in [0.05, 0.1) is 5.69 Å². The first kappa shape index (κ1) is 17.6. The van der Waals surface area contributed by atoms with E-state index in [1.165, 1.54) is 9.08 Å². The Morgan fingerprint density at radius 1 is 1.21 bits per heavy atom. The summed E-state index contributed by atoms with van der Waals surface area (Å²) in [5, 5.41) is 8.28. The minimum atomic E-state index is -0.195. The second kappa shape index (κ2) is 6.26. The van der Waals surface area contributed by atoms with Crippen LogP contribution in [0.15, 0.2) is 27.8 Å². The largest absolute Gasteiger partial charge is 0.361 e. The zero-order valence-corrected chi connectivity index (χ0v) is 16.8. The van der Waals surface area contributed by atoms with Crippen LogP contribution in [0.2, 0.25) is 0 Å². The van der Waals surface area contributed by atoms with E-state index in [2.05, 4.69) is 26.2 Å². The summed E-state index contributed by atoms with van der Waals surface area (Å²) in [5.41, 5.74) is 5.88. The van der Waals surface area contributed by atoms with Crippen molar-refractivity contribution in [1.82, 2.24) is 29.3 Å². The highest BCUT2D eigenvalue weighted by Crippen LogP contribution is 2.31. The summed E-state index contributed by atoms with van der Waals surface area (Å²) in [4.78, 5) is 23.7. The van der Waals surface area contributed by atoms with Crippen molar-refractivity contribution in [2.24, 2.45) is 7.05 Å². The van der Waals surface area contributed by atoms with Gasteiger partial charge in [-0.3, -0.25) is 4.98 Å². The number of pyridine rings is 1. The lowest BCUT2D eigenvalue weighted by Crippen LogP contribution is -2.32. The normalized spacial score (nSPS) is 13.9. The van der Waals surface area contributed by atoms with Crippen molar-refractivity contribution in [1.29, 1.82) is 0 Å². The molecule has 1 aliphatic rings. The molecule has 5 heterocycles. The summed E-state index contributed by atoms with van der Waals surface area (Å²) < 4.78 is 8.10. The molecular weight excluding hydrogens is 370 g/mol. The Morgan fingerprint density at radius 2 is 2.03 bits per heavy atom. The van der Waals surface area contributed by atoms with Gasteiger partial charge in [-0.05, 0) is 32.4 Å². The van der Waals surface area contributed by atoms with Crippen molar-refractivity contribution in [2.45, 2.75) is 33.7 Å². The van der Waals surface area contributed by atoms with Gasteiger partial charge in [-0.15, -0.1) is 5.10 Å². The number of aryl methyl sites for hydroxylation is 4. The van der Waals surface area contributed by atoms with E-state index in [1.54, 1.807) is 13.2 Å². The van der Waals surface area contributed by atoms with E-state index in [1.807, 2.05) is 27.0 Å². The van der Waals surface area contributed by atoms with E-state index in [0.717, 1.165) is 58.2 Å². The van der Waals surface area contributed by atoms with Gasteiger partial charge in [0.1, 0.15) is 11.6 Å². The van der Waals surface area contributed by atoms with Crippen LogP contribution in [0.1, 0.15) is 28.3 Å². The topological polar surface area (TPSA) is 94.3 Å². The first-order valence-electron chi connectivity index (χ1n) is 9.51. The van der Waals surface area contributed by atoms with Crippen LogP contribution in [0.3, 0.4) is 0 Å². The molecule has 0 atom stereocenters. The maximum atomic E-state index is 12.1. The summed E-state index contributed by atoms with van der Waals surface area (Å²) in [6.45, 7) is 7.33. The molecule has 9 nitrogen and oxygen atoms in total. The van der Waals surface area contributed by atoms with Crippen molar-refractivity contribution in [2.75, 3.05) is 11.4 Å². The van der Waals surface area contributed by atoms with E-state index in [-0.39, 0.29) is 5.69 Å². The molecule has 9 heteroatoms. The minimum absolute atomic E-state index is 0.195. The molecule has 0 radical (unpaired) electrons. The number of hydrogen-bond acceptors (Lipinski definition) is 7. The summed E-state index contributed by atoms with van der Waals surface area (Å²) in [5.74, 6) is 2.04. The number of hydrogen-bond donors (Lipinski definition) is 0. The molecule has 0 saturated carbocycles. The van der Waals surface area contributed by atoms with E-state index in [4.69, 9.17) is 9.51 Å². The Labute approximate surface area is 166 Å². The van der Waals surface area contributed by atoms with Crippen LogP contribution in [0.4, 0.5) is 5.82 Å².